The van der Waals surface area contributed by atoms with Gasteiger partial charge < -0.3 is 29.6 Å². The van der Waals surface area contributed by atoms with Gasteiger partial charge in [-0.25, -0.2) is 9.78 Å². The Hall–Kier alpha value is -4.09. The first-order valence-electron chi connectivity index (χ1n) is 14.6. The Morgan fingerprint density at radius 2 is 1.95 bits per heavy atom. The lowest BCUT2D eigenvalue weighted by molar-refractivity contribution is -0.129. The number of carbonyl (C=O) groups is 4. The molecule has 3 fully saturated rings. The van der Waals surface area contributed by atoms with Crippen LogP contribution >= 0.6 is 0 Å². The van der Waals surface area contributed by atoms with Gasteiger partial charge in [0.2, 0.25) is 5.91 Å². The Labute approximate surface area is 244 Å². The fraction of sp³-hybridized carbons (Fsp3) is 0.567. The van der Waals surface area contributed by atoms with Crippen LogP contribution in [0.3, 0.4) is 0 Å². The normalized spacial score (nSPS) is 24.2. The molecule has 1 saturated carbocycles. The average Bonchev–Trinajstić information content (AvgIpc) is 3.36. The molecule has 42 heavy (non-hydrogen) atoms. The highest BCUT2D eigenvalue weighted by molar-refractivity contribution is 6.02. The van der Waals surface area contributed by atoms with Gasteiger partial charge >= 0.3 is 6.09 Å². The average molecular weight is 579 g/mol. The molecule has 5 aliphatic rings. The van der Waals surface area contributed by atoms with Gasteiger partial charge in [-0.2, -0.15) is 0 Å². The Balaban J connectivity index is 1.15. The highest BCUT2D eigenvalue weighted by atomic mass is 16.6. The van der Waals surface area contributed by atoms with Crippen molar-refractivity contribution in [3.05, 3.63) is 35.9 Å². The molecule has 4 aliphatic heterocycles. The van der Waals surface area contributed by atoms with Gasteiger partial charge in [0.1, 0.15) is 22.9 Å². The molecular formula is C30H38N6O6. The van der Waals surface area contributed by atoms with E-state index in [1.54, 1.807) is 43.1 Å². The zero-order valence-electron chi connectivity index (χ0n) is 24.7. The zero-order chi connectivity index (χ0) is 30.0. The second-order valence-electron chi connectivity index (χ2n) is 13.2. The van der Waals surface area contributed by atoms with Crippen LogP contribution in [0, 0.1) is 11.8 Å². The number of nitrogens with zero attached hydrogens (tertiary/aromatic N) is 4. The number of anilines is 2. The molecule has 1 aliphatic carbocycles. The summed E-state index contributed by atoms with van der Waals surface area (Å²) in [7, 11) is 0. The monoisotopic (exact) mass is 578 g/mol. The van der Waals surface area contributed by atoms with Crippen LogP contribution in [0.15, 0.2) is 24.4 Å². The van der Waals surface area contributed by atoms with Crippen LogP contribution < -0.4 is 15.4 Å². The molecule has 12 heteroatoms. The molecule has 7 rings (SSSR count). The number of hydrogen-bond acceptors (Lipinski definition) is 7. The summed E-state index contributed by atoms with van der Waals surface area (Å²) in [6.45, 7) is 10.6. The van der Waals surface area contributed by atoms with Gasteiger partial charge in [-0.3, -0.25) is 19.3 Å². The molecule has 3 atom stereocenters. The van der Waals surface area contributed by atoms with E-state index in [9.17, 15) is 19.2 Å². The molecule has 0 radical (unpaired) electrons. The Kier molecular flexibility index (Phi) is 6.69. The summed E-state index contributed by atoms with van der Waals surface area (Å²) < 4.78 is 13.2. The standard InChI is InChI=1S/C30H38N6O6/c1-29(2,3)42-28(40)34-10-11-35-22(14-31-24(35)16-34)26(38)36-15-17-6-8-21(36)19(12-17)25(37)32-18-7-9-23-20(13-18)33-27(39)30(4,5)41-23/h7,9,13-14,17,19,21H,6,8,10-12,15-16H2,1-5H3,(H,32,37)(H,33,39)/t17-,19+,21+/m1/s1. The molecule has 2 aromatic rings. The maximum absolute atomic E-state index is 13.9. The number of aromatic nitrogens is 2. The quantitative estimate of drug-likeness (QED) is 0.568. The first-order chi connectivity index (χ1) is 19.8. The van der Waals surface area contributed by atoms with Crippen LogP contribution in [0.2, 0.25) is 0 Å². The van der Waals surface area contributed by atoms with Crippen molar-refractivity contribution in [1.29, 1.82) is 0 Å². The second-order valence-corrected chi connectivity index (χ2v) is 13.2. The third-order valence-electron chi connectivity index (χ3n) is 8.52. The predicted molar refractivity (Wildman–Crippen MR) is 153 cm³/mol. The number of nitrogens with one attached hydrogen (secondary N) is 2. The number of benzene rings is 1. The molecule has 2 bridgehead atoms. The smallest absolute Gasteiger partial charge is 0.410 e. The van der Waals surface area contributed by atoms with Crippen molar-refractivity contribution in [2.45, 2.75) is 84.2 Å². The van der Waals surface area contributed by atoms with E-state index >= 15 is 0 Å². The summed E-state index contributed by atoms with van der Waals surface area (Å²) in [5, 5.41) is 5.85. The molecule has 12 nitrogen and oxygen atoms in total. The van der Waals surface area contributed by atoms with Gasteiger partial charge in [-0.1, -0.05) is 0 Å². The molecule has 1 aromatic heterocycles. The second kappa shape index (κ2) is 10.0. The summed E-state index contributed by atoms with van der Waals surface area (Å²) >= 11 is 0. The Bertz CT molecular complexity index is 1460. The predicted octanol–water partition coefficient (Wildman–Crippen LogP) is 3.62. The molecule has 4 amide bonds. The van der Waals surface area contributed by atoms with Gasteiger partial charge in [0.25, 0.3) is 11.8 Å². The number of ether oxygens (including phenoxy) is 2. The highest BCUT2D eigenvalue weighted by Crippen LogP contribution is 2.41. The summed E-state index contributed by atoms with van der Waals surface area (Å²) in [5.74, 6) is 0.532. The summed E-state index contributed by atoms with van der Waals surface area (Å²) in [5.41, 5.74) is -0.0191. The number of hydrogen-bond donors (Lipinski definition) is 2. The first-order valence-corrected chi connectivity index (χ1v) is 14.6. The Morgan fingerprint density at radius 1 is 1.17 bits per heavy atom. The number of rotatable bonds is 3. The Morgan fingerprint density at radius 3 is 2.69 bits per heavy atom. The van der Waals surface area contributed by atoms with E-state index in [0.717, 1.165) is 12.8 Å². The lowest BCUT2D eigenvalue weighted by atomic mass is 9.72. The van der Waals surface area contributed by atoms with Gasteiger partial charge in [0.05, 0.1) is 24.3 Å². The number of carbonyl (C=O) groups excluding carboxylic acids is 4. The van der Waals surface area contributed by atoms with Crippen molar-refractivity contribution in [3.63, 3.8) is 0 Å². The minimum absolute atomic E-state index is 0.136. The lowest BCUT2D eigenvalue weighted by Crippen LogP contribution is -2.58. The minimum atomic E-state index is -0.971. The van der Waals surface area contributed by atoms with E-state index in [4.69, 9.17) is 9.47 Å². The fourth-order valence-corrected chi connectivity index (χ4v) is 6.39. The maximum Gasteiger partial charge on any atom is 0.410 e. The van der Waals surface area contributed by atoms with Gasteiger partial charge in [-0.15, -0.1) is 0 Å². The van der Waals surface area contributed by atoms with Crippen LogP contribution in [-0.4, -0.2) is 73.5 Å². The molecule has 0 spiro atoms. The first kappa shape index (κ1) is 28.0. The van der Waals surface area contributed by atoms with Crippen molar-refractivity contribution in [2.75, 3.05) is 23.7 Å². The van der Waals surface area contributed by atoms with Gasteiger partial charge in [0, 0.05) is 31.4 Å². The van der Waals surface area contributed by atoms with E-state index < -0.39 is 17.3 Å². The molecule has 224 valence electrons. The van der Waals surface area contributed by atoms with Crippen LogP contribution in [0.5, 0.6) is 5.75 Å². The molecule has 5 heterocycles. The van der Waals surface area contributed by atoms with E-state index in [1.165, 1.54) is 0 Å². The van der Waals surface area contributed by atoms with Crippen molar-refractivity contribution < 1.29 is 28.7 Å². The summed E-state index contributed by atoms with van der Waals surface area (Å²) in [4.78, 5) is 60.2. The summed E-state index contributed by atoms with van der Waals surface area (Å²) in [6.07, 6.45) is 3.63. The van der Waals surface area contributed by atoms with Gasteiger partial charge in [-0.05, 0) is 78.0 Å². The number of piperidine rings is 2. The van der Waals surface area contributed by atoms with E-state index in [1.807, 2.05) is 30.2 Å². The van der Waals surface area contributed by atoms with Gasteiger partial charge in [0.15, 0.2) is 5.60 Å². The van der Waals surface area contributed by atoms with Crippen molar-refractivity contribution in [1.82, 2.24) is 19.4 Å². The number of imidazole rings is 1. The minimum Gasteiger partial charge on any atom is -0.476 e. The third kappa shape index (κ3) is 5.18. The number of fused-ring (bicyclic) bond motifs is 5. The topological polar surface area (TPSA) is 135 Å². The SMILES string of the molecule is CC(C)(C)OC(=O)N1CCn2c(C(=O)N3C[C@@H]4CC[C@H]3[C@@H](C(=O)Nc3ccc5c(c3)NC(=O)C(C)(C)O5)C4)cnc2C1. The lowest BCUT2D eigenvalue weighted by Gasteiger charge is -2.49. The van der Waals surface area contributed by atoms with Crippen molar-refractivity contribution >= 4 is 35.2 Å². The summed E-state index contributed by atoms with van der Waals surface area (Å²) in [6, 6.07) is 4.97. The van der Waals surface area contributed by atoms with Crippen LogP contribution in [0.4, 0.5) is 16.2 Å². The largest absolute Gasteiger partial charge is 0.476 e. The van der Waals surface area contributed by atoms with E-state index in [0.29, 0.717) is 54.7 Å². The molecular weight excluding hydrogens is 540 g/mol. The third-order valence-corrected chi connectivity index (χ3v) is 8.52. The molecule has 0 unspecified atom stereocenters. The van der Waals surface area contributed by atoms with E-state index in [-0.39, 0.29) is 42.1 Å². The van der Waals surface area contributed by atoms with E-state index in [2.05, 4.69) is 15.6 Å². The maximum atomic E-state index is 13.9. The highest BCUT2D eigenvalue weighted by Gasteiger charge is 2.47. The molecule has 1 aromatic carbocycles. The fourth-order valence-electron chi connectivity index (χ4n) is 6.39. The van der Waals surface area contributed by atoms with Crippen molar-refractivity contribution in [3.8, 4) is 5.75 Å². The zero-order valence-corrected chi connectivity index (χ0v) is 24.7. The molecule has 2 saturated heterocycles. The molecule has 2 N–H and O–H groups in total. The van der Waals surface area contributed by atoms with Crippen molar-refractivity contribution in [2.24, 2.45) is 11.8 Å². The van der Waals surface area contributed by atoms with Crippen LogP contribution in [0.25, 0.3) is 0 Å². The number of amides is 4. The van der Waals surface area contributed by atoms with Crippen LogP contribution in [0.1, 0.15) is 70.2 Å². The van der Waals surface area contributed by atoms with Crippen LogP contribution in [-0.2, 0) is 27.4 Å².